The van der Waals surface area contributed by atoms with Crippen molar-refractivity contribution in [1.82, 2.24) is 15.1 Å². The highest BCUT2D eigenvalue weighted by atomic mass is 32.1. The minimum Gasteiger partial charge on any atom is -0.354 e. The van der Waals surface area contributed by atoms with E-state index in [-0.39, 0.29) is 17.7 Å². The molecule has 2 aliphatic rings. The zero-order chi connectivity index (χ0) is 25.5. The van der Waals surface area contributed by atoms with Crippen LogP contribution in [0.5, 0.6) is 0 Å². The van der Waals surface area contributed by atoms with E-state index in [0.29, 0.717) is 31.3 Å². The average molecular weight is 526 g/mol. The summed E-state index contributed by atoms with van der Waals surface area (Å²) in [7, 11) is 0. The number of Topliss-reactive ketones (excluding diaryl/α,β-unsaturated/α-hetero) is 1. The molecule has 0 aliphatic carbocycles. The maximum absolute atomic E-state index is 13.3. The van der Waals surface area contributed by atoms with Gasteiger partial charge in [0.1, 0.15) is 0 Å². The van der Waals surface area contributed by atoms with Gasteiger partial charge in [0, 0.05) is 55.2 Å². The number of benzene rings is 2. The molecule has 0 aromatic heterocycles. The van der Waals surface area contributed by atoms with Gasteiger partial charge in [0.25, 0.3) is 0 Å². The van der Waals surface area contributed by atoms with E-state index in [9.17, 15) is 9.59 Å². The number of carbonyl (C=O) groups excluding carboxylic acids is 2. The Hall–Kier alpha value is -1.80. The van der Waals surface area contributed by atoms with Gasteiger partial charge in [-0.05, 0) is 60.2 Å². The van der Waals surface area contributed by atoms with E-state index in [2.05, 4.69) is 82.8 Å². The first-order valence-electron chi connectivity index (χ1n) is 13.3. The van der Waals surface area contributed by atoms with Crippen molar-refractivity contribution in [1.29, 1.82) is 0 Å². The number of nitrogens with one attached hydrogen (secondary N) is 1. The van der Waals surface area contributed by atoms with Crippen molar-refractivity contribution in [3.05, 3.63) is 53.6 Å². The van der Waals surface area contributed by atoms with Crippen LogP contribution in [0.25, 0.3) is 16.3 Å². The first-order valence-corrected chi connectivity index (χ1v) is 14.5. The molecule has 1 fully saturated rings. The molecular weight excluding hydrogens is 486 g/mol. The van der Waals surface area contributed by atoms with Gasteiger partial charge in [-0.3, -0.25) is 19.4 Å². The molecule has 2 aromatic carbocycles. The monoisotopic (exact) mass is 525 g/mol. The molecule has 2 aliphatic heterocycles. The summed E-state index contributed by atoms with van der Waals surface area (Å²) >= 11 is 8.55. The van der Waals surface area contributed by atoms with E-state index in [0.717, 1.165) is 56.6 Å². The van der Waals surface area contributed by atoms with Crippen LogP contribution in [0.15, 0.2) is 48.0 Å². The molecule has 2 atom stereocenters. The van der Waals surface area contributed by atoms with Crippen LogP contribution in [-0.4, -0.2) is 77.8 Å². The van der Waals surface area contributed by atoms with Gasteiger partial charge in [-0.25, -0.2) is 0 Å². The van der Waals surface area contributed by atoms with Crippen molar-refractivity contribution >= 4 is 53.3 Å². The van der Waals surface area contributed by atoms with Gasteiger partial charge in [-0.15, -0.1) is 0 Å². The van der Waals surface area contributed by atoms with Crippen LogP contribution < -0.4 is 5.32 Å². The van der Waals surface area contributed by atoms with Gasteiger partial charge in [0.05, 0.1) is 6.54 Å². The van der Waals surface area contributed by atoms with Crippen molar-refractivity contribution in [3.63, 3.8) is 0 Å². The van der Waals surface area contributed by atoms with Crippen molar-refractivity contribution in [2.45, 2.75) is 51.1 Å². The van der Waals surface area contributed by atoms with Crippen LogP contribution in [0.4, 0.5) is 0 Å². The second-order valence-corrected chi connectivity index (χ2v) is 10.7. The van der Waals surface area contributed by atoms with Gasteiger partial charge < -0.3 is 5.32 Å². The molecular formula is C29H39N3O2S2. The Bertz CT molecular complexity index is 1100. The molecule has 7 heteroatoms. The van der Waals surface area contributed by atoms with Crippen molar-refractivity contribution in [3.8, 4) is 0 Å². The molecule has 1 N–H and O–H groups in total. The van der Waals surface area contributed by atoms with Gasteiger partial charge in [0.2, 0.25) is 5.91 Å². The number of nitrogens with zero attached hydrogens (tertiary/aromatic N) is 2. The third kappa shape index (κ3) is 6.36. The molecule has 4 rings (SSSR count). The van der Waals surface area contributed by atoms with E-state index in [1.54, 1.807) is 0 Å². The summed E-state index contributed by atoms with van der Waals surface area (Å²) in [5.74, 6) is 1.69. The van der Waals surface area contributed by atoms with Gasteiger partial charge in [0.15, 0.2) is 5.78 Å². The lowest BCUT2D eigenvalue weighted by molar-refractivity contribution is -0.122. The Morgan fingerprint density at radius 1 is 1.06 bits per heavy atom. The SMILES string of the molecule is CCC(=O)C1=C(c2ccc3ccccc3c2)CC2CC[C@H]1N2CCCN(CCS)CC(=O)NCCS. The van der Waals surface area contributed by atoms with Crippen LogP contribution in [0.1, 0.15) is 44.6 Å². The Morgan fingerprint density at radius 3 is 2.61 bits per heavy atom. The lowest BCUT2D eigenvalue weighted by atomic mass is 9.85. The minimum absolute atomic E-state index is 0.0441. The maximum Gasteiger partial charge on any atom is 0.234 e. The molecule has 1 amide bonds. The molecule has 2 bridgehead atoms. The number of ketones is 1. The summed E-state index contributed by atoms with van der Waals surface area (Å²) in [5, 5.41) is 5.36. The van der Waals surface area contributed by atoms with E-state index in [1.165, 1.54) is 21.9 Å². The highest BCUT2D eigenvalue weighted by Crippen LogP contribution is 2.44. The van der Waals surface area contributed by atoms with Gasteiger partial charge in [-0.2, -0.15) is 25.3 Å². The second-order valence-electron chi connectivity index (χ2n) is 9.85. The average Bonchev–Trinajstić information content (AvgIpc) is 3.17. The van der Waals surface area contributed by atoms with Crippen LogP contribution in [-0.2, 0) is 9.59 Å². The second kappa shape index (κ2) is 13.1. The van der Waals surface area contributed by atoms with Crippen molar-refractivity contribution in [2.24, 2.45) is 0 Å². The Kier molecular flexibility index (Phi) is 9.94. The topological polar surface area (TPSA) is 52.7 Å². The smallest absolute Gasteiger partial charge is 0.234 e. The summed E-state index contributed by atoms with van der Waals surface area (Å²) in [6.45, 7) is 5.55. The molecule has 2 heterocycles. The normalized spacial score (nSPS) is 19.9. The fourth-order valence-electron chi connectivity index (χ4n) is 5.89. The Morgan fingerprint density at radius 2 is 1.86 bits per heavy atom. The number of amides is 1. The largest absolute Gasteiger partial charge is 0.354 e. The Labute approximate surface area is 226 Å². The third-order valence-corrected chi connectivity index (χ3v) is 7.99. The molecule has 5 nitrogen and oxygen atoms in total. The summed E-state index contributed by atoms with van der Waals surface area (Å²) in [4.78, 5) is 30.2. The zero-order valence-corrected chi connectivity index (χ0v) is 23.1. The number of fused-ring (bicyclic) bond motifs is 3. The number of thiol groups is 2. The minimum atomic E-state index is 0.0441. The predicted octanol–water partition coefficient (Wildman–Crippen LogP) is 4.48. The highest BCUT2D eigenvalue weighted by Gasteiger charge is 2.42. The summed E-state index contributed by atoms with van der Waals surface area (Å²) < 4.78 is 0. The number of rotatable bonds is 13. The van der Waals surface area contributed by atoms with E-state index >= 15 is 0 Å². The third-order valence-electron chi connectivity index (χ3n) is 7.57. The lowest BCUT2D eigenvalue weighted by Crippen LogP contribution is -2.45. The summed E-state index contributed by atoms with van der Waals surface area (Å²) in [6, 6.07) is 15.8. The maximum atomic E-state index is 13.3. The molecule has 0 radical (unpaired) electrons. The first kappa shape index (κ1) is 27.2. The first-order chi connectivity index (χ1) is 17.5. The van der Waals surface area contributed by atoms with Gasteiger partial charge >= 0.3 is 0 Å². The molecule has 2 aromatic rings. The summed E-state index contributed by atoms with van der Waals surface area (Å²) in [5.41, 5.74) is 3.50. The quantitative estimate of drug-likeness (QED) is 0.338. The van der Waals surface area contributed by atoms with E-state index in [1.807, 2.05) is 6.92 Å². The molecule has 1 unspecified atom stereocenters. The van der Waals surface area contributed by atoms with Crippen LogP contribution in [0.2, 0.25) is 0 Å². The van der Waals surface area contributed by atoms with E-state index in [4.69, 9.17) is 0 Å². The summed E-state index contributed by atoms with van der Waals surface area (Å²) in [6.07, 6.45) is 4.63. The molecule has 194 valence electrons. The number of hydrogen-bond acceptors (Lipinski definition) is 6. The fourth-order valence-corrected chi connectivity index (χ4v) is 6.28. The van der Waals surface area contributed by atoms with Crippen LogP contribution in [0.3, 0.4) is 0 Å². The molecule has 0 saturated carbocycles. The highest BCUT2D eigenvalue weighted by molar-refractivity contribution is 7.80. The van der Waals surface area contributed by atoms with Gasteiger partial charge in [-0.1, -0.05) is 43.3 Å². The van der Waals surface area contributed by atoms with E-state index < -0.39 is 0 Å². The van der Waals surface area contributed by atoms with Crippen LogP contribution >= 0.6 is 25.3 Å². The Balaban J connectivity index is 1.48. The molecule has 1 saturated heterocycles. The van der Waals surface area contributed by atoms with Crippen molar-refractivity contribution < 1.29 is 9.59 Å². The lowest BCUT2D eigenvalue weighted by Gasteiger charge is -2.38. The molecule has 36 heavy (non-hydrogen) atoms. The van der Waals surface area contributed by atoms with Crippen molar-refractivity contribution in [2.75, 3.05) is 44.2 Å². The standard InChI is InChI=1S/C29H39N3O2S2/c1-2-27(33)29-25(23-9-8-21-6-3-4-7-22(21)18-23)19-24-10-11-26(29)32(24)14-5-13-31(15-17-36)20-28(34)30-12-16-35/h3-4,6-9,18,24,26,35-36H,2,5,10-17,19-20H2,1H3,(H,30,34)/t24?,26-/m1/s1. The van der Waals surface area contributed by atoms with Crippen LogP contribution in [0, 0.1) is 0 Å². The molecule has 0 spiro atoms. The number of carbonyl (C=O) groups is 2. The number of hydrogen-bond donors (Lipinski definition) is 3. The fraction of sp³-hybridized carbons (Fsp3) is 0.517. The predicted molar refractivity (Wildman–Crippen MR) is 156 cm³/mol. The zero-order valence-electron chi connectivity index (χ0n) is 21.3.